The van der Waals surface area contributed by atoms with Crippen molar-refractivity contribution in [1.82, 2.24) is 4.98 Å². The Hall–Kier alpha value is -2.57. The van der Waals surface area contributed by atoms with E-state index < -0.39 is 17.7 Å². The van der Waals surface area contributed by atoms with Crippen LogP contribution in [0, 0.1) is 0 Å². The lowest BCUT2D eigenvalue weighted by Gasteiger charge is -2.09. The van der Waals surface area contributed by atoms with Crippen molar-refractivity contribution < 1.29 is 22.7 Å². The van der Waals surface area contributed by atoms with Crippen LogP contribution in [-0.4, -0.2) is 11.0 Å². The number of benzene rings is 1. The third kappa shape index (κ3) is 3.71. The number of carbonyl (C=O) groups excluding carboxylic acids is 1. The summed E-state index contributed by atoms with van der Waals surface area (Å²) in [6, 6.07) is 7.51. The molecule has 2 aromatic rings. The van der Waals surface area contributed by atoms with Crippen LogP contribution in [0.5, 0.6) is 0 Å². The minimum atomic E-state index is -4.44. The van der Waals surface area contributed by atoms with E-state index in [2.05, 4.69) is 4.98 Å². The van der Waals surface area contributed by atoms with Gasteiger partial charge >= 0.3 is 12.1 Å². The van der Waals surface area contributed by atoms with Crippen molar-refractivity contribution in [2.75, 3.05) is 5.73 Å². The number of aromatic nitrogens is 1. The number of carbonyl (C=O) groups is 1. The molecule has 0 amide bonds. The molecule has 1 heterocycles. The van der Waals surface area contributed by atoms with E-state index in [0.29, 0.717) is 0 Å². The highest BCUT2D eigenvalue weighted by molar-refractivity contribution is 5.93. The first-order chi connectivity index (χ1) is 9.88. The second-order valence-electron chi connectivity index (χ2n) is 4.21. The zero-order chi connectivity index (χ0) is 15.5. The van der Waals surface area contributed by atoms with E-state index in [9.17, 15) is 18.0 Å². The van der Waals surface area contributed by atoms with Crippen LogP contribution in [0.4, 0.5) is 19.0 Å². The van der Waals surface area contributed by atoms with Gasteiger partial charge in [-0.15, -0.1) is 0 Å². The fourth-order valence-corrected chi connectivity index (χ4v) is 1.65. The van der Waals surface area contributed by atoms with Crippen molar-refractivity contribution in [2.45, 2.75) is 12.8 Å². The predicted octanol–water partition coefficient (Wildman–Crippen LogP) is 3.04. The average Bonchev–Trinajstić information content (AvgIpc) is 2.45. The third-order valence-electron chi connectivity index (χ3n) is 2.68. The van der Waals surface area contributed by atoms with Gasteiger partial charge in [-0.2, -0.15) is 13.2 Å². The van der Waals surface area contributed by atoms with Crippen LogP contribution in [0.1, 0.15) is 21.5 Å². The van der Waals surface area contributed by atoms with E-state index in [1.807, 2.05) is 0 Å². The maximum absolute atomic E-state index is 12.6. The van der Waals surface area contributed by atoms with Gasteiger partial charge in [-0.3, -0.25) is 0 Å². The van der Waals surface area contributed by atoms with Crippen LogP contribution >= 0.6 is 0 Å². The number of rotatable bonds is 3. The molecule has 4 nitrogen and oxygen atoms in total. The maximum Gasteiger partial charge on any atom is 0.416 e. The fraction of sp³-hybridized carbons (Fsp3) is 0.143. The van der Waals surface area contributed by atoms with E-state index in [0.717, 1.165) is 12.1 Å². The molecular weight excluding hydrogens is 285 g/mol. The molecule has 2 N–H and O–H groups in total. The van der Waals surface area contributed by atoms with Gasteiger partial charge in [0.2, 0.25) is 0 Å². The highest BCUT2D eigenvalue weighted by Crippen LogP contribution is 2.29. The Labute approximate surface area is 118 Å². The largest absolute Gasteiger partial charge is 0.457 e. The lowest BCUT2D eigenvalue weighted by Crippen LogP contribution is -2.10. The number of pyridine rings is 1. The van der Waals surface area contributed by atoms with Crippen molar-refractivity contribution in [3.05, 3.63) is 59.3 Å². The zero-order valence-corrected chi connectivity index (χ0v) is 10.7. The maximum atomic E-state index is 12.6. The van der Waals surface area contributed by atoms with E-state index >= 15 is 0 Å². The van der Waals surface area contributed by atoms with Crippen molar-refractivity contribution in [3.8, 4) is 0 Å². The van der Waals surface area contributed by atoms with Gasteiger partial charge in [-0.1, -0.05) is 12.1 Å². The Morgan fingerprint density at radius 2 is 2.00 bits per heavy atom. The second kappa shape index (κ2) is 5.82. The molecule has 0 bridgehead atoms. The van der Waals surface area contributed by atoms with Crippen LogP contribution in [-0.2, 0) is 17.5 Å². The van der Waals surface area contributed by atoms with Gasteiger partial charge in [-0.25, -0.2) is 9.78 Å². The predicted molar refractivity (Wildman–Crippen MR) is 69.2 cm³/mol. The third-order valence-corrected chi connectivity index (χ3v) is 2.68. The van der Waals surface area contributed by atoms with Crippen LogP contribution in [0.2, 0.25) is 0 Å². The molecule has 21 heavy (non-hydrogen) atoms. The van der Waals surface area contributed by atoms with Gasteiger partial charge in [0.1, 0.15) is 18.0 Å². The molecule has 0 aliphatic heterocycles. The number of esters is 1. The minimum Gasteiger partial charge on any atom is -0.457 e. The first-order valence-electron chi connectivity index (χ1n) is 5.91. The van der Waals surface area contributed by atoms with Crippen LogP contribution in [0.15, 0.2) is 42.6 Å². The smallest absolute Gasteiger partial charge is 0.416 e. The van der Waals surface area contributed by atoms with Gasteiger partial charge in [0.15, 0.2) is 0 Å². The van der Waals surface area contributed by atoms with Gasteiger partial charge in [0, 0.05) is 6.20 Å². The SMILES string of the molecule is Nc1ncccc1C(=O)OCc1cccc(C(F)(F)F)c1. The lowest BCUT2D eigenvalue weighted by molar-refractivity contribution is -0.137. The molecule has 7 heteroatoms. The highest BCUT2D eigenvalue weighted by Gasteiger charge is 2.30. The molecule has 0 aliphatic carbocycles. The molecule has 0 spiro atoms. The summed E-state index contributed by atoms with van der Waals surface area (Å²) in [7, 11) is 0. The summed E-state index contributed by atoms with van der Waals surface area (Å²) in [6.07, 6.45) is -3.02. The van der Waals surface area contributed by atoms with Gasteiger partial charge in [0.25, 0.3) is 0 Å². The van der Waals surface area contributed by atoms with Gasteiger partial charge in [-0.05, 0) is 29.8 Å². The first kappa shape index (κ1) is 14.8. The van der Waals surface area contributed by atoms with Crippen LogP contribution in [0.25, 0.3) is 0 Å². The van der Waals surface area contributed by atoms with Crippen molar-refractivity contribution in [3.63, 3.8) is 0 Å². The monoisotopic (exact) mass is 296 g/mol. The lowest BCUT2D eigenvalue weighted by atomic mass is 10.1. The fourth-order valence-electron chi connectivity index (χ4n) is 1.65. The van der Waals surface area contributed by atoms with Gasteiger partial charge in [0.05, 0.1) is 5.56 Å². The Morgan fingerprint density at radius 1 is 1.24 bits per heavy atom. The highest BCUT2D eigenvalue weighted by atomic mass is 19.4. The Kier molecular flexibility index (Phi) is 4.11. The zero-order valence-electron chi connectivity index (χ0n) is 10.7. The molecule has 0 saturated heterocycles. The summed E-state index contributed by atoms with van der Waals surface area (Å²) in [5.74, 6) is -0.732. The number of ether oxygens (including phenoxy) is 1. The number of nitrogen functional groups attached to an aromatic ring is 1. The number of alkyl halides is 3. The normalized spacial score (nSPS) is 11.2. The van der Waals surface area contributed by atoms with Crippen molar-refractivity contribution in [1.29, 1.82) is 0 Å². The summed E-state index contributed by atoms with van der Waals surface area (Å²) in [4.78, 5) is 15.5. The Bertz CT molecular complexity index is 657. The van der Waals surface area contributed by atoms with Crippen LogP contribution in [0.3, 0.4) is 0 Å². The molecule has 0 unspecified atom stereocenters. The molecule has 0 radical (unpaired) electrons. The van der Waals surface area contributed by atoms with Crippen molar-refractivity contribution >= 4 is 11.8 Å². The average molecular weight is 296 g/mol. The molecule has 0 aliphatic rings. The topological polar surface area (TPSA) is 65.2 Å². The molecule has 0 atom stereocenters. The second-order valence-corrected chi connectivity index (χ2v) is 4.21. The quantitative estimate of drug-likeness (QED) is 0.884. The molecule has 1 aromatic heterocycles. The van der Waals surface area contributed by atoms with Crippen LogP contribution < -0.4 is 5.73 Å². The number of halogens is 3. The van der Waals surface area contributed by atoms with Crippen molar-refractivity contribution in [2.24, 2.45) is 0 Å². The number of hydrogen-bond donors (Lipinski definition) is 1. The first-order valence-corrected chi connectivity index (χ1v) is 5.91. The summed E-state index contributed by atoms with van der Waals surface area (Å²) >= 11 is 0. The summed E-state index contributed by atoms with van der Waals surface area (Å²) < 4.78 is 42.6. The Morgan fingerprint density at radius 3 is 2.67 bits per heavy atom. The number of nitrogens with zero attached hydrogens (tertiary/aromatic N) is 1. The molecule has 0 saturated carbocycles. The minimum absolute atomic E-state index is 0.00606. The molecule has 110 valence electrons. The molecule has 2 rings (SSSR count). The summed E-state index contributed by atoms with van der Waals surface area (Å²) in [5.41, 5.74) is 5.03. The number of nitrogens with two attached hydrogens (primary N) is 1. The number of anilines is 1. The molecular formula is C14H11F3N2O2. The summed E-state index contributed by atoms with van der Waals surface area (Å²) in [5, 5.41) is 0. The molecule has 0 fully saturated rings. The molecule has 1 aromatic carbocycles. The van der Waals surface area contributed by atoms with E-state index in [1.54, 1.807) is 0 Å². The van der Waals surface area contributed by atoms with Gasteiger partial charge < -0.3 is 10.5 Å². The van der Waals surface area contributed by atoms with E-state index in [4.69, 9.17) is 10.5 Å². The number of hydrogen-bond acceptors (Lipinski definition) is 4. The summed E-state index contributed by atoms with van der Waals surface area (Å²) in [6.45, 7) is -0.281. The van der Waals surface area contributed by atoms with E-state index in [-0.39, 0.29) is 23.6 Å². The Balaban J connectivity index is 2.07. The standard InChI is InChI=1S/C14H11F3N2O2/c15-14(16,17)10-4-1-3-9(7-10)8-21-13(20)11-5-2-6-19-12(11)18/h1-7H,8H2,(H2,18,19). The van der Waals surface area contributed by atoms with E-state index in [1.165, 1.54) is 30.5 Å².